The fourth-order valence-corrected chi connectivity index (χ4v) is 1.60. The predicted molar refractivity (Wildman–Crippen MR) is 51.5 cm³/mol. The predicted octanol–water partition coefficient (Wildman–Crippen LogP) is 2.19. The van der Waals surface area contributed by atoms with Crippen molar-refractivity contribution in [3.63, 3.8) is 0 Å². The summed E-state index contributed by atoms with van der Waals surface area (Å²) in [6, 6.07) is 4.11. The van der Waals surface area contributed by atoms with Crippen molar-refractivity contribution in [3.8, 4) is 0 Å². The smallest absolute Gasteiger partial charge is 0.0679 e. The van der Waals surface area contributed by atoms with E-state index in [9.17, 15) is 0 Å². The zero-order valence-electron chi connectivity index (χ0n) is 7.99. The van der Waals surface area contributed by atoms with Crippen molar-refractivity contribution in [2.24, 2.45) is 0 Å². The Bertz CT molecular complexity index is 267. The van der Waals surface area contributed by atoms with E-state index in [1.54, 1.807) is 0 Å². The van der Waals surface area contributed by atoms with Crippen molar-refractivity contribution in [1.82, 2.24) is 4.98 Å². The van der Waals surface area contributed by atoms with Crippen LogP contribution in [0, 0.1) is 0 Å². The number of aryl methyl sites for hydroxylation is 1. The summed E-state index contributed by atoms with van der Waals surface area (Å²) in [5, 5.41) is 0. The average molecular weight is 177 g/mol. The fraction of sp³-hybridized carbons (Fsp3) is 0.545. The third-order valence-corrected chi connectivity index (χ3v) is 2.75. The number of hydrogen-bond donors (Lipinski definition) is 0. The molecule has 1 saturated heterocycles. The highest BCUT2D eigenvalue weighted by Gasteiger charge is 2.32. The minimum absolute atomic E-state index is 0.149. The third kappa shape index (κ3) is 2.07. The maximum absolute atomic E-state index is 5.52. The van der Waals surface area contributed by atoms with Crippen molar-refractivity contribution in [1.29, 1.82) is 0 Å². The molecule has 0 spiro atoms. The highest BCUT2D eigenvalue weighted by molar-refractivity contribution is 5.09. The van der Waals surface area contributed by atoms with Gasteiger partial charge in [0.2, 0.25) is 0 Å². The Morgan fingerprint density at radius 3 is 3.00 bits per heavy atom. The summed E-state index contributed by atoms with van der Waals surface area (Å²) in [7, 11) is 0. The van der Waals surface area contributed by atoms with Crippen LogP contribution in [0.1, 0.15) is 25.3 Å². The van der Waals surface area contributed by atoms with Crippen LogP contribution in [0.3, 0.4) is 0 Å². The summed E-state index contributed by atoms with van der Waals surface area (Å²) in [6.07, 6.45) is 7.13. The Balaban J connectivity index is 1.86. The second-order valence-corrected chi connectivity index (χ2v) is 3.91. The molecule has 1 fully saturated rings. The van der Waals surface area contributed by atoms with E-state index in [0.29, 0.717) is 0 Å². The van der Waals surface area contributed by atoms with Gasteiger partial charge in [0.15, 0.2) is 0 Å². The highest BCUT2D eigenvalue weighted by Crippen LogP contribution is 2.30. The van der Waals surface area contributed by atoms with Gasteiger partial charge in [-0.2, -0.15) is 0 Å². The lowest BCUT2D eigenvalue weighted by Crippen LogP contribution is -2.40. The monoisotopic (exact) mass is 177 g/mol. The van der Waals surface area contributed by atoms with Gasteiger partial charge in [0, 0.05) is 12.4 Å². The second kappa shape index (κ2) is 3.46. The lowest BCUT2D eigenvalue weighted by atomic mass is 9.90. The SMILES string of the molecule is CC1(CCc2cccnc2)CCO1. The molecule has 2 rings (SSSR count). The molecule has 0 saturated carbocycles. The van der Waals surface area contributed by atoms with Crippen LogP contribution < -0.4 is 0 Å². The highest BCUT2D eigenvalue weighted by atomic mass is 16.5. The largest absolute Gasteiger partial charge is 0.375 e. The first-order chi connectivity index (χ1) is 6.29. The summed E-state index contributed by atoms with van der Waals surface area (Å²) < 4.78 is 5.52. The first kappa shape index (κ1) is 8.70. The molecule has 1 aliphatic heterocycles. The quantitative estimate of drug-likeness (QED) is 0.706. The zero-order chi connectivity index (χ0) is 9.15. The van der Waals surface area contributed by atoms with Crippen LogP contribution in [0.2, 0.25) is 0 Å². The molecule has 1 aromatic heterocycles. The molecule has 0 N–H and O–H groups in total. The maximum Gasteiger partial charge on any atom is 0.0679 e. The molecule has 0 radical (unpaired) electrons. The lowest BCUT2D eigenvalue weighted by Gasteiger charge is -2.38. The molecule has 1 unspecified atom stereocenters. The van der Waals surface area contributed by atoms with Gasteiger partial charge >= 0.3 is 0 Å². The topological polar surface area (TPSA) is 22.1 Å². The first-order valence-corrected chi connectivity index (χ1v) is 4.81. The second-order valence-electron chi connectivity index (χ2n) is 3.91. The van der Waals surface area contributed by atoms with Gasteiger partial charge < -0.3 is 4.74 Å². The minimum atomic E-state index is 0.149. The minimum Gasteiger partial charge on any atom is -0.375 e. The molecule has 0 amide bonds. The van der Waals surface area contributed by atoms with E-state index in [1.807, 2.05) is 18.5 Å². The van der Waals surface area contributed by atoms with Gasteiger partial charge in [0.1, 0.15) is 0 Å². The Kier molecular flexibility index (Phi) is 2.32. The number of aromatic nitrogens is 1. The number of ether oxygens (including phenoxy) is 1. The standard InChI is InChI=1S/C11H15NO/c1-11(6-8-13-11)5-4-10-3-2-7-12-9-10/h2-3,7,9H,4-6,8H2,1H3. The van der Waals surface area contributed by atoms with E-state index < -0.39 is 0 Å². The Hall–Kier alpha value is -0.890. The molecule has 2 heterocycles. The number of hydrogen-bond acceptors (Lipinski definition) is 2. The Morgan fingerprint density at radius 2 is 2.46 bits per heavy atom. The molecule has 0 bridgehead atoms. The maximum atomic E-state index is 5.52. The fourth-order valence-electron chi connectivity index (χ4n) is 1.60. The summed E-state index contributed by atoms with van der Waals surface area (Å²) in [4.78, 5) is 4.09. The van der Waals surface area contributed by atoms with Crippen molar-refractivity contribution in [2.75, 3.05) is 6.61 Å². The van der Waals surface area contributed by atoms with E-state index >= 15 is 0 Å². The first-order valence-electron chi connectivity index (χ1n) is 4.81. The van der Waals surface area contributed by atoms with E-state index in [-0.39, 0.29) is 5.60 Å². The molecule has 1 aromatic rings. The Morgan fingerprint density at radius 1 is 1.62 bits per heavy atom. The molecule has 2 nitrogen and oxygen atoms in total. The summed E-state index contributed by atoms with van der Waals surface area (Å²) >= 11 is 0. The molecule has 13 heavy (non-hydrogen) atoms. The van der Waals surface area contributed by atoms with E-state index in [2.05, 4.69) is 18.0 Å². The summed E-state index contributed by atoms with van der Waals surface area (Å²) in [6.45, 7) is 3.12. The van der Waals surface area contributed by atoms with Crippen LogP contribution >= 0.6 is 0 Å². The molecule has 1 atom stereocenters. The van der Waals surface area contributed by atoms with E-state index in [1.165, 1.54) is 12.0 Å². The van der Waals surface area contributed by atoms with Crippen molar-refractivity contribution in [2.45, 2.75) is 31.8 Å². The van der Waals surface area contributed by atoms with E-state index in [0.717, 1.165) is 19.4 Å². The van der Waals surface area contributed by atoms with Gasteiger partial charge in [-0.25, -0.2) is 0 Å². The van der Waals surface area contributed by atoms with Crippen LogP contribution in [0.15, 0.2) is 24.5 Å². The normalized spacial score (nSPS) is 26.8. The van der Waals surface area contributed by atoms with Crippen molar-refractivity contribution < 1.29 is 4.74 Å². The average Bonchev–Trinajstić information content (AvgIpc) is 2.13. The lowest BCUT2D eigenvalue weighted by molar-refractivity contribution is -0.137. The summed E-state index contributed by atoms with van der Waals surface area (Å²) in [5.41, 5.74) is 1.45. The molecule has 1 aliphatic rings. The molecular weight excluding hydrogens is 162 g/mol. The van der Waals surface area contributed by atoms with Gasteiger partial charge in [0.25, 0.3) is 0 Å². The van der Waals surface area contributed by atoms with Crippen LogP contribution in [-0.4, -0.2) is 17.2 Å². The van der Waals surface area contributed by atoms with Gasteiger partial charge in [-0.1, -0.05) is 6.07 Å². The molecule has 70 valence electrons. The van der Waals surface area contributed by atoms with Gasteiger partial charge in [-0.3, -0.25) is 4.98 Å². The van der Waals surface area contributed by atoms with Crippen LogP contribution in [0.4, 0.5) is 0 Å². The van der Waals surface area contributed by atoms with Crippen LogP contribution in [0.5, 0.6) is 0 Å². The van der Waals surface area contributed by atoms with Crippen molar-refractivity contribution in [3.05, 3.63) is 30.1 Å². The number of nitrogens with zero attached hydrogens (tertiary/aromatic N) is 1. The zero-order valence-corrected chi connectivity index (χ0v) is 7.99. The van der Waals surface area contributed by atoms with Crippen molar-refractivity contribution >= 4 is 0 Å². The number of pyridine rings is 1. The summed E-state index contributed by atoms with van der Waals surface area (Å²) in [5.74, 6) is 0. The Labute approximate surface area is 78.9 Å². The van der Waals surface area contributed by atoms with Gasteiger partial charge in [0.05, 0.1) is 12.2 Å². The van der Waals surface area contributed by atoms with Crippen LogP contribution in [0.25, 0.3) is 0 Å². The van der Waals surface area contributed by atoms with E-state index in [4.69, 9.17) is 4.74 Å². The number of rotatable bonds is 3. The third-order valence-electron chi connectivity index (χ3n) is 2.75. The van der Waals surface area contributed by atoms with Crippen LogP contribution in [-0.2, 0) is 11.2 Å². The molecule has 0 aromatic carbocycles. The van der Waals surface area contributed by atoms with Gasteiger partial charge in [-0.05, 0) is 37.8 Å². The molecule has 0 aliphatic carbocycles. The molecule has 2 heteroatoms. The molecular formula is C11H15NO. The van der Waals surface area contributed by atoms with Gasteiger partial charge in [-0.15, -0.1) is 0 Å².